The van der Waals surface area contributed by atoms with Gasteiger partial charge in [0.15, 0.2) is 16.8 Å². The molecule has 4 rings (SSSR count). The molecule has 0 aliphatic carbocycles. The summed E-state index contributed by atoms with van der Waals surface area (Å²) < 4.78 is 32.7. The van der Waals surface area contributed by atoms with E-state index in [0.29, 0.717) is 22.6 Å². The molecule has 1 amide bonds. The number of anilines is 1. The van der Waals surface area contributed by atoms with E-state index < -0.39 is 17.5 Å². The Balaban J connectivity index is 1.48. The second-order valence-electron chi connectivity index (χ2n) is 5.50. The lowest BCUT2D eigenvalue weighted by Crippen LogP contribution is -2.11. The zero-order valence-corrected chi connectivity index (χ0v) is 15.2. The van der Waals surface area contributed by atoms with E-state index in [2.05, 4.69) is 15.3 Å². The highest BCUT2D eigenvalue weighted by Crippen LogP contribution is 2.28. The minimum absolute atomic E-state index is 0.258. The third kappa shape index (κ3) is 3.93. The smallest absolute Gasteiger partial charge is 0.257 e. The normalized spacial score (nSPS) is 10.9. The second kappa shape index (κ2) is 7.37. The Labute approximate surface area is 160 Å². The number of benzene rings is 2. The molecular weight excluding hydrogens is 392 g/mol. The van der Waals surface area contributed by atoms with Crippen LogP contribution >= 0.6 is 22.7 Å². The molecule has 9 heteroatoms. The molecule has 2 aromatic carbocycles. The number of nitrogens with one attached hydrogen (secondary N) is 1. The monoisotopic (exact) mass is 403 g/mol. The number of ether oxygens (including phenoxy) is 1. The maximum Gasteiger partial charge on any atom is 0.257 e. The fourth-order valence-electron chi connectivity index (χ4n) is 2.34. The van der Waals surface area contributed by atoms with E-state index in [0.717, 1.165) is 29.2 Å². The minimum Gasteiger partial charge on any atom is -0.487 e. The molecule has 0 radical (unpaired) electrons. The van der Waals surface area contributed by atoms with Gasteiger partial charge in [0.25, 0.3) is 5.91 Å². The van der Waals surface area contributed by atoms with Crippen LogP contribution in [0.1, 0.15) is 16.1 Å². The van der Waals surface area contributed by atoms with Gasteiger partial charge in [0.1, 0.15) is 12.4 Å². The standard InChI is InChI=1S/C18H11F2N3O2S2/c19-13-5-15-16(6-14(13)20)27-18(22-15)23-17(24)10-2-1-3-12(4-10)25-7-11-8-26-9-21-11/h1-6,8-9H,7H2,(H,22,23,24). The highest BCUT2D eigenvalue weighted by atomic mass is 32.1. The van der Waals surface area contributed by atoms with Crippen LogP contribution in [-0.2, 0) is 6.61 Å². The van der Waals surface area contributed by atoms with Crippen LogP contribution in [0.25, 0.3) is 10.2 Å². The molecule has 0 unspecified atom stereocenters. The summed E-state index contributed by atoms with van der Waals surface area (Å²) in [5.41, 5.74) is 3.19. The first kappa shape index (κ1) is 17.5. The number of thiazole rings is 2. The zero-order chi connectivity index (χ0) is 18.8. The molecule has 0 spiro atoms. The molecule has 5 nitrogen and oxygen atoms in total. The Morgan fingerprint density at radius 2 is 2.04 bits per heavy atom. The summed E-state index contributed by atoms with van der Waals surface area (Å²) in [5, 5.41) is 4.78. The molecule has 27 heavy (non-hydrogen) atoms. The van der Waals surface area contributed by atoms with Crippen molar-refractivity contribution in [1.29, 1.82) is 0 Å². The Kier molecular flexibility index (Phi) is 4.78. The van der Waals surface area contributed by atoms with Gasteiger partial charge in [0, 0.05) is 17.0 Å². The fraction of sp³-hybridized carbons (Fsp3) is 0.0556. The van der Waals surface area contributed by atoms with Crippen LogP contribution in [0.3, 0.4) is 0 Å². The topological polar surface area (TPSA) is 64.1 Å². The lowest BCUT2D eigenvalue weighted by atomic mass is 10.2. The van der Waals surface area contributed by atoms with Gasteiger partial charge >= 0.3 is 0 Å². The molecule has 0 saturated carbocycles. The van der Waals surface area contributed by atoms with Gasteiger partial charge in [-0.3, -0.25) is 10.1 Å². The van der Waals surface area contributed by atoms with E-state index in [1.807, 2.05) is 5.38 Å². The number of amides is 1. The molecule has 0 aliphatic rings. The van der Waals surface area contributed by atoms with Crippen LogP contribution in [0, 0.1) is 11.6 Å². The van der Waals surface area contributed by atoms with Crippen molar-refractivity contribution in [3.63, 3.8) is 0 Å². The van der Waals surface area contributed by atoms with Gasteiger partial charge in [-0.2, -0.15) is 0 Å². The number of rotatable bonds is 5. The van der Waals surface area contributed by atoms with Gasteiger partial charge in [-0.25, -0.2) is 18.7 Å². The van der Waals surface area contributed by atoms with Crippen molar-refractivity contribution in [2.75, 3.05) is 5.32 Å². The maximum atomic E-state index is 13.3. The molecule has 0 bridgehead atoms. The second-order valence-corrected chi connectivity index (χ2v) is 7.25. The van der Waals surface area contributed by atoms with Crippen molar-refractivity contribution in [1.82, 2.24) is 9.97 Å². The average Bonchev–Trinajstić information content (AvgIpc) is 3.30. The van der Waals surface area contributed by atoms with E-state index in [1.165, 1.54) is 11.3 Å². The summed E-state index contributed by atoms with van der Waals surface area (Å²) in [6.07, 6.45) is 0. The number of hydrogen-bond acceptors (Lipinski definition) is 6. The van der Waals surface area contributed by atoms with Crippen LogP contribution in [-0.4, -0.2) is 15.9 Å². The number of carbonyl (C=O) groups excluding carboxylic acids is 1. The Hall–Kier alpha value is -2.91. The minimum atomic E-state index is -0.976. The molecule has 2 heterocycles. The lowest BCUT2D eigenvalue weighted by molar-refractivity contribution is 0.102. The lowest BCUT2D eigenvalue weighted by Gasteiger charge is -2.06. The Morgan fingerprint density at radius 1 is 1.19 bits per heavy atom. The highest BCUT2D eigenvalue weighted by molar-refractivity contribution is 7.22. The first-order valence-corrected chi connectivity index (χ1v) is 9.51. The summed E-state index contributed by atoms with van der Waals surface area (Å²) in [4.78, 5) is 20.7. The quantitative estimate of drug-likeness (QED) is 0.517. The number of carbonyl (C=O) groups is 1. The van der Waals surface area contributed by atoms with Crippen LogP contribution < -0.4 is 10.1 Å². The van der Waals surface area contributed by atoms with E-state index in [4.69, 9.17) is 4.74 Å². The van der Waals surface area contributed by atoms with Crippen molar-refractivity contribution in [2.45, 2.75) is 6.61 Å². The number of fused-ring (bicyclic) bond motifs is 1. The largest absolute Gasteiger partial charge is 0.487 e. The third-order valence-electron chi connectivity index (χ3n) is 3.62. The van der Waals surface area contributed by atoms with Crippen LogP contribution in [0.15, 0.2) is 47.3 Å². The summed E-state index contributed by atoms with van der Waals surface area (Å²) in [7, 11) is 0. The summed E-state index contributed by atoms with van der Waals surface area (Å²) in [6, 6.07) is 8.75. The first-order chi connectivity index (χ1) is 13.1. The molecule has 2 aromatic heterocycles. The van der Waals surface area contributed by atoms with Crippen molar-refractivity contribution < 1.29 is 18.3 Å². The molecule has 0 fully saturated rings. The van der Waals surface area contributed by atoms with E-state index in [1.54, 1.807) is 29.8 Å². The third-order valence-corrected chi connectivity index (χ3v) is 5.19. The van der Waals surface area contributed by atoms with Crippen LogP contribution in [0.2, 0.25) is 0 Å². The number of halogens is 2. The first-order valence-electron chi connectivity index (χ1n) is 7.75. The van der Waals surface area contributed by atoms with Crippen molar-refractivity contribution in [3.8, 4) is 5.75 Å². The summed E-state index contributed by atoms with van der Waals surface area (Å²) >= 11 is 2.55. The molecular formula is C18H11F2N3O2S2. The number of hydrogen-bond donors (Lipinski definition) is 1. The van der Waals surface area contributed by atoms with Gasteiger partial charge in [0.05, 0.1) is 21.4 Å². The maximum absolute atomic E-state index is 13.3. The number of aromatic nitrogens is 2. The fourth-order valence-corrected chi connectivity index (χ4v) is 3.75. The average molecular weight is 403 g/mol. The van der Waals surface area contributed by atoms with Crippen LogP contribution in [0.5, 0.6) is 5.75 Å². The summed E-state index contributed by atoms with van der Waals surface area (Å²) in [6.45, 7) is 0.309. The highest BCUT2D eigenvalue weighted by Gasteiger charge is 2.13. The van der Waals surface area contributed by atoms with Gasteiger partial charge in [-0.1, -0.05) is 17.4 Å². The molecule has 0 aliphatic heterocycles. The van der Waals surface area contributed by atoms with Gasteiger partial charge in [0.2, 0.25) is 0 Å². The van der Waals surface area contributed by atoms with E-state index in [-0.39, 0.29) is 10.6 Å². The summed E-state index contributed by atoms with van der Waals surface area (Å²) in [5.74, 6) is -1.79. The Bertz CT molecular complexity index is 1070. The SMILES string of the molecule is O=C(Nc1nc2cc(F)c(F)cc2s1)c1cccc(OCc2cscn2)c1. The van der Waals surface area contributed by atoms with Gasteiger partial charge < -0.3 is 4.74 Å². The van der Waals surface area contributed by atoms with E-state index in [9.17, 15) is 13.6 Å². The predicted octanol–water partition coefficient (Wildman–Crippen LogP) is 4.86. The van der Waals surface area contributed by atoms with Crippen LogP contribution in [0.4, 0.5) is 13.9 Å². The van der Waals surface area contributed by atoms with Gasteiger partial charge in [-0.05, 0) is 24.3 Å². The molecule has 1 N–H and O–H groups in total. The molecule has 136 valence electrons. The predicted molar refractivity (Wildman–Crippen MR) is 100 cm³/mol. The molecule has 4 aromatic rings. The van der Waals surface area contributed by atoms with Crippen molar-refractivity contribution in [2.24, 2.45) is 0 Å². The van der Waals surface area contributed by atoms with Crippen molar-refractivity contribution >= 4 is 43.9 Å². The molecule has 0 atom stereocenters. The Morgan fingerprint density at radius 3 is 2.85 bits per heavy atom. The molecule has 0 saturated heterocycles. The number of nitrogens with zero attached hydrogens (tertiary/aromatic N) is 2. The van der Waals surface area contributed by atoms with Gasteiger partial charge in [-0.15, -0.1) is 11.3 Å². The van der Waals surface area contributed by atoms with Crippen molar-refractivity contribution in [3.05, 3.63) is 70.2 Å². The zero-order valence-electron chi connectivity index (χ0n) is 13.6. The van der Waals surface area contributed by atoms with E-state index >= 15 is 0 Å².